The quantitative estimate of drug-likeness (QED) is 0.889. The van der Waals surface area contributed by atoms with Gasteiger partial charge in [-0.15, -0.1) is 0 Å². The number of aliphatic hydroxyl groups excluding tert-OH is 1. The van der Waals surface area contributed by atoms with E-state index in [0.717, 1.165) is 11.1 Å². The Kier molecular flexibility index (Phi) is 5.73. The first-order chi connectivity index (χ1) is 10.6. The summed E-state index contributed by atoms with van der Waals surface area (Å²) in [6, 6.07) is 19.6. The number of hydrogen-bond acceptors (Lipinski definition) is 2. The molecule has 0 spiro atoms. The molecule has 2 aromatic rings. The molecule has 1 amide bonds. The molecule has 3 nitrogen and oxygen atoms in total. The Morgan fingerprint density at radius 3 is 2.09 bits per heavy atom. The van der Waals surface area contributed by atoms with Crippen molar-refractivity contribution in [3.05, 3.63) is 71.8 Å². The van der Waals surface area contributed by atoms with Crippen molar-refractivity contribution in [3.8, 4) is 0 Å². The lowest BCUT2D eigenvalue weighted by Crippen LogP contribution is -2.44. The number of aliphatic hydroxyl groups is 1. The molecule has 3 heteroatoms. The zero-order valence-corrected chi connectivity index (χ0v) is 13.1. The smallest absolute Gasteiger partial charge is 0.220 e. The molecule has 0 radical (unpaired) electrons. The predicted molar refractivity (Wildman–Crippen MR) is 88.4 cm³/mol. The largest absolute Gasteiger partial charge is 0.394 e. The number of carbonyl (C=O) groups excluding carboxylic acids is 1. The van der Waals surface area contributed by atoms with E-state index >= 15 is 0 Å². The Bertz CT molecular complexity index is 583. The van der Waals surface area contributed by atoms with Crippen molar-refractivity contribution in [1.82, 2.24) is 4.90 Å². The van der Waals surface area contributed by atoms with E-state index in [9.17, 15) is 9.90 Å². The maximum atomic E-state index is 12.2. The van der Waals surface area contributed by atoms with E-state index in [1.165, 1.54) is 0 Å². The Morgan fingerprint density at radius 1 is 1.05 bits per heavy atom. The van der Waals surface area contributed by atoms with Crippen LogP contribution in [0, 0.1) is 0 Å². The van der Waals surface area contributed by atoms with Crippen molar-refractivity contribution in [2.75, 3.05) is 6.61 Å². The second-order valence-electron chi connectivity index (χ2n) is 5.54. The Morgan fingerprint density at radius 2 is 1.59 bits per heavy atom. The molecule has 0 heterocycles. The summed E-state index contributed by atoms with van der Waals surface area (Å²) < 4.78 is 0. The fourth-order valence-corrected chi connectivity index (χ4v) is 2.88. The molecular formula is C19H23NO2. The summed E-state index contributed by atoms with van der Waals surface area (Å²) in [7, 11) is 0. The van der Waals surface area contributed by atoms with Crippen LogP contribution < -0.4 is 0 Å². The van der Waals surface area contributed by atoms with Crippen molar-refractivity contribution >= 4 is 5.91 Å². The molecule has 0 unspecified atom stereocenters. The zero-order valence-electron chi connectivity index (χ0n) is 13.1. The fourth-order valence-electron chi connectivity index (χ4n) is 2.88. The van der Waals surface area contributed by atoms with Gasteiger partial charge in [0.25, 0.3) is 0 Å². The van der Waals surface area contributed by atoms with Gasteiger partial charge in [0.1, 0.15) is 0 Å². The van der Waals surface area contributed by atoms with Crippen LogP contribution in [0.15, 0.2) is 60.7 Å². The lowest BCUT2D eigenvalue weighted by molar-refractivity contribution is -0.134. The first-order valence-electron chi connectivity index (χ1n) is 7.62. The molecule has 0 fully saturated rings. The van der Waals surface area contributed by atoms with Crippen LogP contribution in [0.2, 0.25) is 0 Å². The second-order valence-corrected chi connectivity index (χ2v) is 5.54. The summed E-state index contributed by atoms with van der Waals surface area (Å²) in [5.74, 6) is -0.0219. The van der Waals surface area contributed by atoms with Gasteiger partial charge in [-0.3, -0.25) is 4.79 Å². The van der Waals surface area contributed by atoms with Crippen molar-refractivity contribution < 1.29 is 9.90 Å². The van der Waals surface area contributed by atoms with Gasteiger partial charge in [0.15, 0.2) is 0 Å². The normalized spacial score (nSPS) is 13.4. The predicted octanol–water partition coefficient (Wildman–Crippen LogP) is 3.20. The fraction of sp³-hybridized carbons (Fsp3) is 0.316. The van der Waals surface area contributed by atoms with Gasteiger partial charge in [0.2, 0.25) is 5.91 Å². The average molecular weight is 297 g/mol. The van der Waals surface area contributed by atoms with E-state index in [-0.39, 0.29) is 24.6 Å². The number of carbonyl (C=O) groups is 1. The van der Waals surface area contributed by atoms with Crippen LogP contribution in [0.5, 0.6) is 0 Å². The van der Waals surface area contributed by atoms with Gasteiger partial charge in [0, 0.05) is 6.92 Å². The van der Waals surface area contributed by atoms with Crippen LogP contribution >= 0.6 is 0 Å². The van der Waals surface area contributed by atoms with E-state index in [0.29, 0.717) is 6.42 Å². The summed E-state index contributed by atoms with van der Waals surface area (Å²) in [6.45, 7) is 3.52. The Hall–Kier alpha value is -2.13. The van der Waals surface area contributed by atoms with E-state index < -0.39 is 0 Å². The number of rotatable bonds is 6. The minimum Gasteiger partial charge on any atom is -0.394 e. The van der Waals surface area contributed by atoms with E-state index in [1.54, 1.807) is 11.8 Å². The first kappa shape index (κ1) is 16.2. The first-order valence-corrected chi connectivity index (χ1v) is 7.62. The summed E-state index contributed by atoms with van der Waals surface area (Å²) in [5, 5.41) is 9.81. The number of hydrogen-bond donors (Lipinski definition) is 1. The van der Waals surface area contributed by atoms with Gasteiger partial charge in [0.05, 0.1) is 18.7 Å². The average Bonchev–Trinajstić information content (AvgIpc) is 2.55. The monoisotopic (exact) mass is 297 g/mol. The van der Waals surface area contributed by atoms with Gasteiger partial charge in [-0.2, -0.15) is 0 Å². The maximum Gasteiger partial charge on any atom is 0.220 e. The highest BCUT2D eigenvalue weighted by Gasteiger charge is 2.26. The highest BCUT2D eigenvalue weighted by atomic mass is 16.3. The number of amides is 1. The number of benzene rings is 2. The van der Waals surface area contributed by atoms with Gasteiger partial charge < -0.3 is 10.0 Å². The minimum atomic E-state index is -0.227. The zero-order chi connectivity index (χ0) is 15.9. The van der Waals surface area contributed by atoms with Gasteiger partial charge in [-0.1, -0.05) is 60.7 Å². The molecule has 2 rings (SSSR count). The van der Waals surface area contributed by atoms with Gasteiger partial charge in [-0.25, -0.2) is 0 Å². The van der Waals surface area contributed by atoms with Gasteiger partial charge >= 0.3 is 0 Å². The standard InChI is InChI=1S/C19H23NO2/c1-15(18-11-7-4-8-12-18)20(16(2)22)19(14-21)13-17-9-5-3-6-10-17/h3-12,15,19,21H,13-14H2,1-2H3/t15-,19+/m0/s1. The molecule has 0 aliphatic rings. The molecule has 0 saturated carbocycles. The maximum absolute atomic E-state index is 12.2. The highest BCUT2D eigenvalue weighted by molar-refractivity contribution is 5.74. The molecule has 22 heavy (non-hydrogen) atoms. The van der Waals surface area contributed by atoms with Crippen molar-refractivity contribution in [2.45, 2.75) is 32.4 Å². The van der Waals surface area contributed by atoms with Crippen LogP contribution in [-0.4, -0.2) is 28.6 Å². The topological polar surface area (TPSA) is 40.5 Å². The van der Waals surface area contributed by atoms with Crippen LogP contribution in [0.3, 0.4) is 0 Å². The van der Waals surface area contributed by atoms with Crippen LogP contribution in [-0.2, 0) is 11.2 Å². The molecule has 0 aliphatic heterocycles. The molecule has 2 aromatic carbocycles. The molecule has 0 bridgehead atoms. The van der Waals surface area contributed by atoms with Crippen molar-refractivity contribution in [3.63, 3.8) is 0 Å². The van der Waals surface area contributed by atoms with Crippen molar-refractivity contribution in [2.24, 2.45) is 0 Å². The molecule has 2 atom stereocenters. The van der Waals surface area contributed by atoms with E-state index in [4.69, 9.17) is 0 Å². The third-order valence-corrected chi connectivity index (χ3v) is 3.98. The van der Waals surface area contributed by atoms with Gasteiger partial charge in [-0.05, 0) is 24.5 Å². The Labute approximate surface area is 132 Å². The van der Waals surface area contributed by atoms with Crippen molar-refractivity contribution in [1.29, 1.82) is 0 Å². The summed E-state index contributed by atoms with van der Waals surface area (Å²) in [6.07, 6.45) is 0.647. The third-order valence-electron chi connectivity index (χ3n) is 3.98. The molecule has 0 aromatic heterocycles. The summed E-state index contributed by atoms with van der Waals surface area (Å²) >= 11 is 0. The molecule has 1 N–H and O–H groups in total. The molecule has 116 valence electrons. The third kappa shape index (κ3) is 3.95. The van der Waals surface area contributed by atoms with Crippen LogP contribution in [0.4, 0.5) is 0 Å². The van der Waals surface area contributed by atoms with Crippen LogP contribution in [0.1, 0.15) is 31.0 Å². The SMILES string of the molecule is CC(=O)N([C@@H](CO)Cc1ccccc1)[C@@H](C)c1ccccc1. The lowest BCUT2D eigenvalue weighted by Gasteiger charge is -2.35. The molecule has 0 saturated heterocycles. The lowest BCUT2D eigenvalue weighted by atomic mass is 10.0. The van der Waals surface area contributed by atoms with E-state index in [2.05, 4.69) is 0 Å². The van der Waals surface area contributed by atoms with Crippen LogP contribution in [0.25, 0.3) is 0 Å². The summed E-state index contributed by atoms with van der Waals surface area (Å²) in [4.78, 5) is 13.9. The molecular weight excluding hydrogens is 274 g/mol. The Balaban J connectivity index is 2.23. The minimum absolute atomic E-state index is 0.0219. The number of nitrogens with zero attached hydrogens (tertiary/aromatic N) is 1. The van der Waals surface area contributed by atoms with E-state index in [1.807, 2.05) is 67.6 Å². The highest BCUT2D eigenvalue weighted by Crippen LogP contribution is 2.24. The summed E-state index contributed by atoms with van der Waals surface area (Å²) in [5.41, 5.74) is 2.19. The molecule has 0 aliphatic carbocycles. The second kappa shape index (κ2) is 7.76.